The standard InChI is InChI=1S/C15H17N3O4S/c1-16-12(19)8-23-11-7-13(20)18(15(11)22)10-5-3-4-9(6-10)14(21)17-2/h3-6,11H,7-8H2,1-2H3,(H,16,19)(H,17,21). The molecule has 0 spiro atoms. The van der Waals surface area contributed by atoms with Crippen molar-refractivity contribution in [3.05, 3.63) is 29.8 Å². The third-order valence-corrected chi connectivity index (χ3v) is 4.59. The minimum atomic E-state index is -0.580. The van der Waals surface area contributed by atoms with Crippen molar-refractivity contribution in [3.63, 3.8) is 0 Å². The number of carbonyl (C=O) groups excluding carboxylic acids is 4. The second-order valence-electron chi connectivity index (χ2n) is 4.87. The second kappa shape index (κ2) is 7.28. The maximum absolute atomic E-state index is 12.4. The molecule has 0 aliphatic carbocycles. The maximum atomic E-state index is 12.4. The van der Waals surface area contributed by atoms with E-state index in [1.165, 1.54) is 20.2 Å². The minimum absolute atomic E-state index is 0.0463. The van der Waals surface area contributed by atoms with Crippen LogP contribution in [0.25, 0.3) is 0 Å². The molecule has 8 heteroatoms. The normalized spacial score (nSPS) is 17.3. The van der Waals surface area contributed by atoms with Crippen molar-refractivity contribution in [3.8, 4) is 0 Å². The Labute approximate surface area is 137 Å². The molecule has 1 aliphatic rings. The Balaban J connectivity index is 2.17. The van der Waals surface area contributed by atoms with E-state index in [0.29, 0.717) is 11.3 Å². The Morgan fingerprint density at radius 2 is 2.00 bits per heavy atom. The summed E-state index contributed by atoms with van der Waals surface area (Å²) in [6.07, 6.45) is 0.0463. The van der Waals surface area contributed by atoms with Crippen LogP contribution in [0.5, 0.6) is 0 Å². The molecule has 1 aromatic rings. The molecule has 2 rings (SSSR count). The Hall–Kier alpha value is -2.35. The molecule has 1 atom stereocenters. The number of hydrogen-bond acceptors (Lipinski definition) is 5. The Bertz CT molecular complexity index is 662. The summed E-state index contributed by atoms with van der Waals surface area (Å²) in [5, 5.41) is 4.38. The molecular formula is C15H17N3O4S. The van der Waals surface area contributed by atoms with E-state index in [9.17, 15) is 19.2 Å². The van der Waals surface area contributed by atoms with Crippen LogP contribution in [-0.2, 0) is 14.4 Å². The van der Waals surface area contributed by atoms with Crippen molar-refractivity contribution in [2.75, 3.05) is 24.7 Å². The largest absolute Gasteiger partial charge is 0.358 e. The van der Waals surface area contributed by atoms with Crippen LogP contribution in [0.1, 0.15) is 16.8 Å². The van der Waals surface area contributed by atoms with Gasteiger partial charge in [-0.05, 0) is 18.2 Å². The fourth-order valence-electron chi connectivity index (χ4n) is 2.18. The molecule has 0 saturated carbocycles. The summed E-state index contributed by atoms with van der Waals surface area (Å²) in [7, 11) is 3.02. The number of nitrogens with one attached hydrogen (secondary N) is 2. The Morgan fingerprint density at radius 1 is 1.26 bits per heavy atom. The van der Waals surface area contributed by atoms with Gasteiger partial charge < -0.3 is 10.6 Å². The zero-order valence-corrected chi connectivity index (χ0v) is 13.6. The summed E-state index contributed by atoms with van der Waals surface area (Å²) in [6, 6.07) is 6.32. The average Bonchev–Trinajstić information content (AvgIpc) is 2.85. The molecule has 1 unspecified atom stereocenters. The van der Waals surface area contributed by atoms with Gasteiger partial charge in [0.25, 0.3) is 5.91 Å². The highest BCUT2D eigenvalue weighted by Gasteiger charge is 2.40. The number of imide groups is 1. The summed E-state index contributed by atoms with van der Waals surface area (Å²) < 4.78 is 0. The lowest BCUT2D eigenvalue weighted by Crippen LogP contribution is -2.32. The van der Waals surface area contributed by atoms with Crippen molar-refractivity contribution in [1.29, 1.82) is 0 Å². The third-order valence-electron chi connectivity index (χ3n) is 3.39. The quantitative estimate of drug-likeness (QED) is 0.747. The summed E-state index contributed by atoms with van der Waals surface area (Å²) >= 11 is 1.14. The monoisotopic (exact) mass is 335 g/mol. The molecule has 0 bridgehead atoms. The number of benzene rings is 1. The van der Waals surface area contributed by atoms with E-state index in [2.05, 4.69) is 10.6 Å². The Kier molecular flexibility index (Phi) is 5.38. The number of hydrogen-bond donors (Lipinski definition) is 2. The lowest BCUT2D eigenvalue weighted by atomic mass is 10.2. The van der Waals surface area contributed by atoms with Crippen LogP contribution >= 0.6 is 11.8 Å². The van der Waals surface area contributed by atoms with Gasteiger partial charge in [-0.25, -0.2) is 4.90 Å². The zero-order valence-electron chi connectivity index (χ0n) is 12.8. The van der Waals surface area contributed by atoms with Gasteiger partial charge in [0.15, 0.2) is 0 Å². The smallest absolute Gasteiger partial charge is 0.251 e. The lowest BCUT2D eigenvalue weighted by molar-refractivity contribution is -0.121. The lowest BCUT2D eigenvalue weighted by Gasteiger charge is -2.15. The maximum Gasteiger partial charge on any atom is 0.251 e. The fraction of sp³-hybridized carbons (Fsp3) is 0.333. The van der Waals surface area contributed by atoms with Gasteiger partial charge in [0.2, 0.25) is 17.7 Å². The topological polar surface area (TPSA) is 95.6 Å². The van der Waals surface area contributed by atoms with Crippen molar-refractivity contribution >= 4 is 41.1 Å². The molecular weight excluding hydrogens is 318 g/mol. The summed E-state index contributed by atoms with van der Waals surface area (Å²) in [5.41, 5.74) is 0.733. The van der Waals surface area contributed by atoms with Crippen molar-refractivity contribution < 1.29 is 19.2 Å². The van der Waals surface area contributed by atoms with E-state index in [1.54, 1.807) is 18.2 Å². The number of carbonyl (C=O) groups is 4. The molecule has 23 heavy (non-hydrogen) atoms. The minimum Gasteiger partial charge on any atom is -0.358 e. The van der Waals surface area contributed by atoms with E-state index in [-0.39, 0.29) is 35.8 Å². The number of anilines is 1. The van der Waals surface area contributed by atoms with Crippen LogP contribution in [0, 0.1) is 0 Å². The molecule has 7 nitrogen and oxygen atoms in total. The average molecular weight is 335 g/mol. The fourth-order valence-corrected chi connectivity index (χ4v) is 3.19. The highest BCUT2D eigenvalue weighted by atomic mass is 32.2. The zero-order chi connectivity index (χ0) is 17.0. The van der Waals surface area contributed by atoms with E-state index in [1.807, 2.05) is 0 Å². The van der Waals surface area contributed by atoms with Crippen molar-refractivity contribution in [2.45, 2.75) is 11.7 Å². The van der Waals surface area contributed by atoms with Gasteiger partial charge in [0.05, 0.1) is 16.7 Å². The summed E-state index contributed by atoms with van der Waals surface area (Å²) in [5.74, 6) is -1.07. The van der Waals surface area contributed by atoms with Gasteiger partial charge in [-0.15, -0.1) is 11.8 Å². The molecule has 1 saturated heterocycles. The first-order chi connectivity index (χ1) is 11.0. The summed E-state index contributed by atoms with van der Waals surface area (Å²) in [4.78, 5) is 48.6. The first kappa shape index (κ1) is 17.0. The molecule has 2 N–H and O–H groups in total. The van der Waals surface area contributed by atoms with E-state index in [4.69, 9.17) is 0 Å². The first-order valence-electron chi connectivity index (χ1n) is 6.99. The van der Waals surface area contributed by atoms with Gasteiger partial charge in [-0.1, -0.05) is 6.07 Å². The number of nitrogens with zero attached hydrogens (tertiary/aromatic N) is 1. The highest BCUT2D eigenvalue weighted by Crippen LogP contribution is 2.30. The van der Waals surface area contributed by atoms with Crippen LogP contribution in [0.3, 0.4) is 0 Å². The molecule has 0 aromatic heterocycles. The summed E-state index contributed by atoms with van der Waals surface area (Å²) in [6.45, 7) is 0. The van der Waals surface area contributed by atoms with E-state index in [0.717, 1.165) is 16.7 Å². The van der Waals surface area contributed by atoms with Crippen LogP contribution < -0.4 is 15.5 Å². The van der Waals surface area contributed by atoms with Crippen molar-refractivity contribution in [2.24, 2.45) is 0 Å². The van der Waals surface area contributed by atoms with Gasteiger partial charge in [0, 0.05) is 26.1 Å². The van der Waals surface area contributed by atoms with Gasteiger partial charge in [-0.3, -0.25) is 19.2 Å². The number of thioether (sulfide) groups is 1. The van der Waals surface area contributed by atoms with Crippen LogP contribution in [0.15, 0.2) is 24.3 Å². The highest BCUT2D eigenvalue weighted by molar-refractivity contribution is 8.01. The van der Waals surface area contributed by atoms with Crippen molar-refractivity contribution in [1.82, 2.24) is 10.6 Å². The molecule has 1 fully saturated rings. The van der Waals surface area contributed by atoms with Crippen LogP contribution in [0.2, 0.25) is 0 Å². The SMILES string of the molecule is CNC(=O)CSC1CC(=O)N(c2cccc(C(=O)NC)c2)C1=O. The van der Waals surface area contributed by atoms with E-state index < -0.39 is 5.25 Å². The molecule has 122 valence electrons. The molecule has 1 aromatic carbocycles. The second-order valence-corrected chi connectivity index (χ2v) is 6.06. The molecule has 0 radical (unpaired) electrons. The predicted molar refractivity (Wildman–Crippen MR) is 87.3 cm³/mol. The van der Waals surface area contributed by atoms with Crippen LogP contribution in [-0.4, -0.2) is 48.7 Å². The molecule has 1 heterocycles. The van der Waals surface area contributed by atoms with Crippen LogP contribution in [0.4, 0.5) is 5.69 Å². The number of rotatable bonds is 5. The third kappa shape index (κ3) is 3.70. The van der Waals surface area contributed by atoms with E-state index >= 15 is 0 Å². The first-order valence-corrected chi connectivity index (χ1v) is 8.04. The van der Waals surface area contributed by atoms with Gasteiger partial charge in [-0.2, -0.15) is 0 Å². The number of amides is 4. The van der Waals surface area contributed by atoms with Gasteiger partial charge in [0.1, 0.15) is 0 Å². The molecule has 1 aliphatic heterocycles. The molecule has 4 amide bonds. The predicted octanol–water partition coefficient (Wildman–Crippen LogP) is 0.157. The Morgan fingerprint density at radius 3 is 2.65 bits per heavy atom. The van der Waals surface area contributed by atoms with Gasteiger partial charge >= 0.3 is 0 Å².